The van der Waals surface area contributed by atoms with Gasteiger partial charge in [0, 0.05) is 17.4 Å². The minimum absolute atomic E-state index is 0.00373. The van der Waals surface area contributed by atoms with Gasteiger partial charge in [-0.05, 0) is 11.8 Å². The van der Waals surface area contributed by atoms with Crippen LogP contribution in [0.2, 0.25) is 0 Å². The first-order chi connectivity index (χ1) is 24.1. The van der Waals surface area contributed by atoms with E-state index in [-0.39, 0.29) is 53.4 Å². The SMILES string of the molecule is CCC(C)C(NC(=O)c1nc(-c2csc(-c3coc(-c4coc(-c5coc(CNC(=O)CC(C)C)n5)n4)n3)n2)oc1-c1ccccc1)C(N)=O. The van der Waals surface area contributed by atoms with Crippen molar-refractivity contribution in [3.63, 3.8) is 0 Å². The first-order valence-electron chi connectivity index (χ1n) is 15.8. The number of aromatic nitrogens is 5. The Morgan fingerprint density at radius 3 is 2.22 bits per heavy atom. The van der Waals surface area contributed by atoms with Crippen LogP contribution in [0, 0.1) is 11.8 Å². The lowest BCUT2D eigenvalue weighted by atomic mass is 9.98. The van der Waals surface area contributed by atoms with Gasteiger partial charge < -0.3 is 34.0 Å². The van der Waals surface area contributed by atoms with Crippen molar-refractivity contribution in [2.24, 2.45) is 17.6 Å². The van der Waals surface area contributed by atoms with Gasteiger partial charge >= 0.3 is 0 Å². The number of nitrogens with one attached hydrogen (secondary N) is 2. The third-order valence-electron chi connectivity index (χ3n) is 7.66. The molecule has 5 heterocycles. The van der Waals surface area contributed by atoms with E-state index in [0.29, 0.717) is 52.1 Å². The number of nitrogens with two attached hydrogens (primary N) is 1. The second-order valence-electron chi connectivity index (χ2n) is 11.9. The second kappa shape index (κ2) is 14.7. The Bertz CT molecular complexity index is 2110. The predicted octanol–water partition coefficient (Wildman–Crippen LogP) is 5.72. The molecule has 4 N–H and O–H groups in total. The third-order valence-corrected chi connectivity index (χ3v) is 8.52. The molecule has 0 spiro atoms. The Balaban J connectivity index is 1.19. The van der Waals surface area contributed by atoms with Crippen LogP contribution in [0.15, 0.2) is 72.2 Å². The molecule has 0 radical (unpaired) electrons. The second-order valence-corrected chi connectivity index (χ2v) is 12.8. The average molecular weight is 699 g/mol. The van der Waals surface area contributed by atoms with Gasteiger partial charge in [0.2, 0.25) is 35.4 Å². The fourth-order valence-corrected chi connectivity index (χ4v) is 5.63. The smallest absolute Gasteiger partial charge is 0.274 e. The van der Waals surface area contributed by atoms with E-state index in [0.717, 1.165) is 0 Å². The highest BCUT2D eigenvalue weighted by molar-refractivity contribution is 7.13. The topological polar surface area (TPSA) is 218 Å². The summed E-state index contributed by atoms with van der Waals surface area (Å²) in [4.78, 5) is 59.9. The molecule has 0 aliphatic heterocycles. The molecule has 258 valence electrons. The summed E-state index contributed by atoms with van der Waals surface area (Å²) in [6.07, 6.45) is 5.25. The molecule has 3 amide bonds. The van der Waals surface area contributed by atoms with Crippen molar-refractivity contribution in [3.8, 4) is 56.8 Å². The van der Waals surface area contributed by atoms with Crippen molar-refractivity contribution in [2.45, 2.75) is 53.1 Å². The van der Waals surface area contributed by atoms with Gasteiger partial charge in [-0.1, -0.05) is 64.4 Å². The number of carbonyl (C=O) groups excluding carboxylic acids is 3. The van der Waals surface area contributed by atoms with Crippen molar-refractivity contribution in [1.29, 1.82) is 0 Å². The number of primary amides is 1. The highest BCUT2D eigenvalue weighted by Gasteiger charge is 2.29. The van der Waals surface area contributed by atoms with Gasteiger partial charge in [0.25, 0.3) is 5.91 Å². The van der Waals surface area contributed by atoms with Crippen molar-refractivity contribution in [2.75, 3.05) is 0 Å². The summed E-state index contributed by atoms with van der Waals surface area (Å²) in [6.45, 7) is 7.81. The minimum Gasteiger partial charge on any atom is -0.446 e. The zero-order valence-corrected chi connectivity index (χ0v) is 28.4. The van der Waals surface area contributed by atoms with Gasteiger partial charge in [0.05, 0.1) is 6.54 Å². The van der Waals surface area contributed by atoms with Gasteiger partial charge in [-0.3, -0.25) is 14.4 Å². The molecule has 16 heteroatoms. The number of rotatable bonds is 14. The van der Waals surface area contributed by atoms with Gasteiger partial charge in [0.15, 0.2) is 22.8 Å². The number of thiazole rings is 1. The lowest BCUT2D eigenvalue weighted by Crippen LogP contribution is -2.48. The molecule has 6 aromatic rings. The van der Waals surface area contributed by atoms with Crippen molar-refractivity contribution >= 4 is 29.1 Å². The lowest BCUT2D eigenvalue weighted by molar-refractivity contribution is -0.122. The van der Waals surface area contributed by atoms with Crippen LogP contribution in [-0.2, 0) is 16.1 Å². The molecule has 6 rings (SSSR count). The minimum atomic E-state index is -0.883. The maximum atomic E-state index is 13.4. The van der Waals surface area contributed by atoms with Crippen molar-refractivity contribution in [3.05, 3.63) is 66.1 Å². The summed E-state index contributed by atoms with van der Waals surface area (Å²) in [5, 5.41) is 7.71. The number of carbonyl (C=O) groups is 3. The number of hydrogen-bond donors (Lipinski definition) is 3. The molecule has 1 aromatic carbocycles. The molecule has 2 unspecified atom stereocenters. The average Bonchev–Trinajstić information content (AvgIpc) is 3.94. The fourth-order valence-electron chi connectivity index (χ4n) is 4.88. The van der Waals surface area contributed by atoms with E-state index in [9.17, 15) is 14.4 Å². The van der Waals surface area contributed by atoms with E-state index in [2.05, 4.69) is 35.6 Å². The predicted molar refractivity (Wildman–Crippen MR) is 181 cm³/mol. The van der Waals surface area contributed by atoms with E-state index < -0.39 is 17.9 Å². The molecule has 5 aromatic heterocycles. The maximum absolute atomic E-state index is 13.4. The van der Waals surface area contributed by atoms with Gasteiger partial charge in [-0.15, -0.1) is 11.3 Å². The molecule has 0 bridgehead atoms. The van der Waals surface area contributed by atoms with Crippen molar-refractivity contribution < 1.29 is 32.1 Å². The standard InChI is InChI=1S/C34H34N8O7S/c1-5-18(4)26(29(35)44)41-30(45)27-28(19-9-7-6-8-10-19)49-33(42-27)23-16-50-34(40-23)22-15-48-32(39-22)21-14-47-31(38-21)20-13-46-25(37-20)12-36-24(43)11-17(2)3/h6-10,13-18,26H,5,11-12H2,1-4H3,(H2,35,44)(H,36,43)(H,41,45). The Hall–Kier alpha value is -5.90. The molecule has 15 nitrogen and oxygen atoms in total. The van der Waals surface area contributed by atoms with Crippen LogP contribution >= 0.6 is 11.3 Å². The van der Waals surface area contributed by atoms with Gasteiger partial charge in [-0.2, -0.15) is 0 Å². The largest absolute Gasteiger partial charge is 0.446 e. The highest BCUT2D eigenvalue weighted by Crippen LogP contribution is 2.34. The summed E-state index contributed by atoms with van der Waals surface area (Å²) in [6, 6.07) is 8.15. The lowest BCUT2D eigenvalue weighted by Gasteiger charge is -2.20. The highest BCUT2D eigenvalue weighted by atomic mass is 32.1. The summed E-state index contributed by atoms with van der Waals surface area (Å²) in [7, 11) is 0. The number of nitrogens with zero attached hydrogens (tertiary/aromatic N) is 5. The molecule has 0 aliphatic carbocycles. The zero-order valence-electron chi connectivity index (χ0n) is 27.6. The Morgan fingerprint density at radius 2 is 1.52 bits per heavy atom. The van der Waals surface area contributed by atoms with E-state index >= 15 is 0 Å². The zero-order chi connectivity index (χ0) is 35.4. The summed E-state index contributed by atoms with van der Waals surface area (Å²) < 4.78 is 22.8. The number of hydrogen-bond acceptors (Lipinski definition) is 13. The van der Waals surface area contributed by atoms with Crippen LogP contribution in [0.25, 0.3) is 56.8 Å². The maximum Gasteiger partial charge on any atom is 0.274 e. The molecule has 50 heavy (non-hydrogen) atoms. The molecule has 0 saturated carbocycles. The summed E-state index contributed by atoms with van der Waals surface area (Å²) in [5.74, 6) is -0.265. The molecular weight excluding hydrogens is 664 g/mol. The first kappa shape index (κ1) is 34.0. The third kappa shape index (κ3) is 7.54. The van der Waals surface area contributed by atoms with Crippen LogP contribution in [0.4, 0.5) is 0 Å². The number of oxazole rings is 4. The summed E-state index contributed by atoms with van der Waals surface area (Å²) >= 11 is 1.27. The van der Waals surface area contributed by atoms with Crippen LogP contribution in [-0.4, -0.2) is 48.7 Å². The monoisotopic (exact) mass is 698 g/mol. The normalized spacial score (nSPS) is 12.6. The fraction of sp³-hybridized carbons (Fsp3) is 0.294. The van der Waals surface area contributed by atoms with E-state index in [1.807, 2.05) is 45.9 Å². The van der Waals surface area contributed by atoms with Crippen LogP contribution in [0.5, 0.6) is 0 Å². The Kier molecular flexibility index (Phi) is 9.99. The molecule has 0 fully saturated rings. The van der Waals surface area contributed by atoms with Crippen molar-refractivity contribution in [1.82, 2.24) is 35.6 Å². The van der Waals surface area contributed by atoms with Crippen LogP contribution < -0.4 is 16.4 Å². The molecular formula is C34H34N8O7S. The molecule has 0 aliphatic rings. The van der Waals surface area contributed by atoms with Gasteiger partial charge in [0.1, 0.15) is 41.2 Å². The Labute approximate surface area is 289 Å². The first-order valence-corrected chi connectivity index (χ1v) is 16.7. The Morgan fingerprint density at radius 1 is 0.840 bits per heavy atom. The quantitative estimate of drug-likeness (QED) is 0.124. The number of amides is 3. The summed E-state index contributed by atoms with van der Waals surface area (Å²) in [5.41, 5.74) is 7.67. The molecule has 2 atom stereocenters. The number of benzene rings is 1. The molecule has 0 saturated heterocycles. The van der Waals surface area contributed by atoms with E-state index in [1.165, 1.54) is 30.1 Å². The van der Waals surface area contributed by atoms with Gasteiger partial charge in [-0.25, -0.2) is 24.9 Å². The van der Waals surface area contributed by atoms with Crippen LogP contribution in [0.3, 0.4) is 0 Å². The van der Waals surface area contributed by atoms with Crippen LogP contribution in [0.1, 0.15) is 56.9 Å². The van der Waals surface area contributed by atoms with E-state index in [4.69, 9.17) is 23.4 Å². The van der Waals surface area contributed by atoms with E-state index in [1.54, 1.807) is 17.5 Å².